The van der Waals surface area contributed by atoms with Crippen molar-refractivity contribution in [3.05, 3.63) is 24.3 Å². The summed E-state index contributed by atoms with van der Waals surface area (Å²) >= 11 is 1.60. The van der Waals surface area contributed by atoms with E-state index in [4.69, 9.17) is 9.84 Å². The van der Waals surface area contributed by atoms with Gasteiger partial charge in [0.2, 0.25) is 0 Å². The number of carboxylic acids is 1. The van der Waals surface area contributed by atoms with Crippen LogP contribution in [0.4, 0.5) is 0 Å². The van der Waals surface area contributed by atoms with Crippen LogP contribution >= 0.6 is 11.8 Å². The van der Waals surface area contributed by atoms with Crippen LogP contribution in [-0.4, -0.2) is 46.8 Å². The Bertz CT molecular complexity index is 548. The van der Waals surface area contributed by atoms with Gasteiger partial charge in [0.1, 0.15) is 5.75 Å². The largest absolute Gasteiger partial charge is 0.481 e. The second-order valence-electron chi connectivity index (χ2n) is 4.97. The first-order chi connectivity index (χ1) is 9.65. The lowest BCUT2D eigenvalue weighted by molar-refractivity contribution is -0.142. The van der Waals surface area contributed by atoms with Crippen molar-refractivity contribution < 1.29 is 19.4 Å². The average molecular weight is 293 g/mol. The summed E-state index contributed by atoms with van der Waals surface area (Å²) in [6.45, 7) is 0.794. The fourth-order valence-corrected chi connectivity index (χ4v) is 3.48. The molecule has 5 nitrogen and oxygen atoms in total. The minimum atomic E-state index is -0.829. The summed E-state index contributed by atoms with van der Waals surface area (Å²) in [4.78, 5) is 26.0. The number of carboxylic acid groups (broad SMARTS) is 1. The van der Waals surface area contributed by atoms with E-state index >= 15 is 0 Å². The number of aliphatic carboxylic acids is 1. The molecule has 0 radical (unpaired) electrons. The second-order valence-corrected chi connectivity index (χ2v) is 6.03. The maximum absolute atomic E-state index is 12.4. The third kappa shape index (κ3) is 2.47. The lowest BCUT2D eigenvalue weighted by Gasteiger charge is -2.28. The third-order valence-corrected chi connectivity index (χ3v) is 4.75. The van der Waals surface area contributed by atoms with Crippen molar-refractivity contribution in [3.8, 4) is 5.75 Å². The maximum Gasteiger partial charge on any atom is 0.308 e. The van der Waals surface area contributed by atoms with Crippen LogP contribution in [-0.2, 0) is 9.59 Å². The molecule has 1 saturated heterocycles. The number of thioether (sulfide) groups is 1. The van der Waals surface area contributed by atoms with E-state index in [0.29, 0.717) is 25.3 Å². The highest BCUT2D eigenvalue weighted by atomic mass is 32.2. The fourth-order valence-electron chi connectivity index (χ4n) is 2.51. The van der Waals surface area contributed by atoms with E-state index in [9.17, 15) is 9.59 Å². The summed E-state index contributed by atoms with van der Waals surface area (Å²) in [6, 6.07) is 7.64. The standard InChI is InChI=1S/C14H15NO4S/c16-13(15-6-5-9(7-15)14(17)18)11-8-20-12-4-2-1-3-10(12)19-11/h1-4,9,11H,5-8H2,(H,17,18)/t9-,11-/m1/s1. The SMILES string of the molecule is O=C(O)[C@@H]1CCN(C(=O)[C@H]2CSc3ccccc3O2)C1. The first-order valence-corrected chi connectivity index (χ1v) is 7.54. The van der Waals surface area contributed by atoms with Gasteiger partial charge in [0, 0.05) is 23.7 Å². The Balaban J connectivity index is 1.66. The van der Waals surface area contributed by atoms with Crippen LogP contribution in [0.5, 0.6) is 5.75 Å². The maximum atomic E-state index is 12.4. The number of benzene rings is 1. The second kappa shape index (κ2) is 5.36. The molecule has 1 aromatic carbocycles. The number of hydrogen-bond donors (Lipinski definition) is 1. The molecule has 3 rings (SSSR count). The quantitative estimate of drug-likeness (QED) is 0.894. The molecule has 0 spiro atoms. The van der Waals surface area contributed by atoms with Gasteiger partial charge in [-0.15, -0.1) is 11.8 Å². The first-order valence-electron chi connectivity index (χ1n) is 6.55. The molecule has 0 unspecified atom stereocenters. The summed E-state index contributed by atoms with van der Waals surface area (Å²) in [6.07, 6.45) is 0.0137. The molecule has 0 bridgehead atoms. The lowest BCUT2D eigenvalue weighted by atomic mass is 10.1. The van der Waals surface area contributed by atoms with E-state index in [1.807, 2.05) is 24.3 Å². The van der Waals surface area contributed by atoms with Crippen LogP contribution < -0.4 is 4.74 Å². The molecule has 0 saturated carbocycles. The van der Waals surface area contributed by atoms with E-state index in [0.717, 1.165) is 10.6 Å². The van der Waals surface area contributed by atoms with Crippen LogP contribution in [0.1, 0.15) is 6.42 Å². The topological polar surface area (TPSA) is 66.8 Å². The smallest absolute Gasteiger partial charge is 0.308 e. The first kappa shape index (κ1) is 13.3. The molecule has 0 aromatic heterocycles. The number of nitrogens with zero attached hydrogens (tertiary/aromatic N) is 1. The third-order valence-electron chi connectivity index (χ3n) is 3.63. The Morgan fingerprint density at radius 3 is 2.90 bits per heavy atom. The van der Waals surface area contributed by atoms with Gasteiger partial charge in [-0.05, 0) is 18.6 Å². The number of carbonyl (C=O) groups excluding carboxylic acids is 1. The minimum absolute atomic E-state index is 0.101. The monoisotopic (exact) mass is 293 g/mol. The van der Waals surface area contributed by atoms with E-state index in [-0.39, 0.29) is 5.91 Å². The number of rotatable bonds is 2. The highest BCUT2D eigenvalue weighted by molar-refractivity contribution is 7.99. The van der Waals surface area contributed by atoms with Crippen LogP contribution in [0.25, 0.3) is 0 Å². The summed E-state index contributed by atoms with van der Waals surface area (Å²) in [5.74, 6) is -0.0664. The molecule has 0 aliphatic carbocycles. The van der Waals surface area contributed by atoms with Gasteiger partial charge in [0.15, 0.2) is 6.10 Å². The predicted molar refractivity (Wildman–Crippen MR) is 73.9 cm³/mol. The summed E-state index contributed by atoms with van der Waals surface area (Å²) in [7, 11) is 0. The molecule has 20 heavy (non-hydrogen) atoms. The summed E-state index contributed by atoms with van der Waals surface area (Å²) in [5.41, 5.74) is 0. The Kier molecular flexibility index (Phi) is 3.56. The highest BCUT2D eigenvalue weighted by Crippen LogP contribution is 2.35. The van der Waals surface area contributed by atoms with Crippen molar-refractivity contribution in [2.75, 3.05) is 18.8 Å². The molecule has 6 heteroatoms. The zero-order valence-corrected chi connectivity index (χ0v) is 11.6. The molecule has 1 aromatic rings. The fraction of sp³-hybridized carbons (Fsp3) is 0.429. The zero-order valence-electron chi connectivity index (χ0n) is 10.8. The van der Waals surface area contributed by atoms with Crippen molar-refractivity contribution in [2.24, 2.45) is 5.92 Å². The molecular formula is C14H15NO4S. The Morgan fingerprint density at radius 2 is 2.15 bits per heavy atom. The predicted octanol–water partition coefficient (Wildman–Crippen LogP) is 1.47. The number of carbonyl (C=O) groups is 2. The van der Waals surface area contributed by atoms with Gasteiger partial charge in [0.05, 0.1) is 5.92 Å². The number of para-hydroxylation sites is 1. The van der Waals surface area contributed by atoms with E-state index < -0.39 is 18.0 Å². The van der Waals surface area contributed by atoms with E-state index in [1.54, 1.807) is 16.7 Å². The highest BCUT2D eigenvalue weighted by Gasteiger charge is 2.36. The van der Waals surface area contributed by atoms with E-state index in [2.05, 4.69) is 0 Å². The van der Waals surface area contributed by atoms with Gasteiger partial charge in [-0.2, -0.15) is 0 Å². The van der Waals surface area contributed by atoms with Crippen molar-refractivity contribution in [2.45, 2.75) is 17.4 Å². The van der Waals surface area contributed by atoms with Crippen molar-refractivity contribution >= 4 is 23.6 Å². The molecule has 2 heterocycles. The molecular weight excluding hydrogens is 278 g/mol. The number of likely N-dealkylation sites (tertiary alicyclic amines) is 1. The number of hydrogen-bond acceptors (Lipinski definition) is 4. The normalized spacial score (nSPS) is 24.9. The van der Waals surface area contributed by atoms with Crippen LogP contribution in [0.3, 0.4) is 0 Å². The molecule has 1 amide bonds. The van der Waals surface area contributed by atoms with Gasteiger partial charge < -0.3 is 14.7 Å². The van der Waals surface area contributed by atoms with E-state index in [1.165, 1.54) is 0 Å². The molecule has 2 atom stereocenters. The van der Waals surface area contributed by atoms with Crippen molar-refractivity contribution in [1.82, 2.24) is 4.90 Å². The Morgan fingerprint density at radius 1 is 1.35 bits per heavy atom. The van der Waals surface area contributed by atoms with Crippen molar-refractivity contribution in [1.29, 1.82) is 0 Å². The lowest BCUT2D eigenvalue weighted by Crippen LogP contribution is -2.43. The molecule has 2 aliphatic heterocycles. The Hall–Kier alpha value is -1.69. The number of ether oxygens (including phenoxy) is 1. The van der Waals surface area contributed by atoms with Crippen LogP contribution in [0.15, 0.2) is 29.2 Å². The Labute approximate surface area is 120 Å². The molecule has 1 fully saturated rings. The molecule has 106 valence electrons. The number of amides is 1. The van der Waals surface area contributed by atoms with Gasteiger partial charge in [-0.25, -0.2) is 0 Å². The molecule has 2 aliphatic rings. The van der Waals surface area contributed by atoms with Gasteiger partial charge in [-0.1, -0.05) is 12.1 Å². The van der Waals surface area contributed by atoms with Crippen LogP contribution in [0.2, 0.25) is 0 Å². The molecule has 1 N–H and O–H groups in total. The number of fused-ring (bicyclic) bond motifs is 1. The summed E-state index contributed by atoms with van der Waals surface area (Å²) in [5, 5.41) is 8.98. The minimum Gasteiger partial charge on any atom is -0.481 e. The van der Waals surface area contributed by atoms with Crippen LogP contribution in [0, 0.1) is 5.92 Å². The van der Waals surface area contributed by atoms with Gasteiger partial charge in [0.25, 0.3) is 5.91 Å². The van der Waals surface area contributed by atoms with Gasteiger partial charge in [-0.3, -0.25) is 9.59 Å². The van der Waals surface area contributed by atoms with Gasteiger partial charge >= 0.3 is 5.97 Å². The van der Waals surface area contributed by atoms with Crippen molar-refractivity contribution in [3.63, 3.8) is 0 Å². The zero-order chi connectivity index (χ0) is 14.1. The average Bonchev–Trinajstić information content (AvgIpc) is 2.96. The summed E-state index contributed by atoms with van der Waals surface area (Å²) < 4.78 is 5.74.